The summed E-state index contributed by atoms with van der Waals surface area (Å²) in [5.41, 5.74) is -13.9. The second-order valence-electron chi connectivity index (χ2n) is 10.3. The van der Waals surface area contributed by atoms with Crippen molar-refractivity contribution in [1.29, 1.82) is 0 Å². The van der Waals surface area contributed by atoms with Gasteiger partial charge in [-0.3, -0.25) is 47.5 Å². The third kappa shape index (κ3) is 3.69. The fraction of sp³-hybridized carbons (Fsp3) is 0. The Hall–Kier alpha value is -6.36. The third-order valence-electron chi connectivity index (χ3n) is 7.81. The Kier molecular flexibility index (Phi) is 5.76. The zero-order valence-electron chi connectivity index (χ0n) is 22.8. The van der Waals surface area contributed by atoms with E-state index in [0.29, 0.717) is 24.3 Å². The fourth-order valence-electron chi connectivity index (χ4n) is 5.74. The highest BCUT2D eigenvalue weighted by atomic mass is 32.2. The van der Waals surface area contributed by atoms with E-state index >= 15 is 0 Å². The number of aromatic nitrogens is 4. The van der Waals surface area contributed by atoms with Crippen molar-refractivity contribution in [3.63, 3.8) is 0 Å². The summed E-state index contributed by atoms with van der Waals surface area (Å²) in [5, 5.41) is 14.4. The zero-order valence-corrected chi connectivity index (χ0v) is 24.4. The van der Waals surface area contributed by atoms with Crippen LogP contribution in [0.4, 0.5) is 0 Å². The van der Waals surface area contributed by atoms with E-state index in [1.807, 2.05) is 0 Å². The summed E-state index contributed by atoms with van der Waals surface area (Å²) in [6, 6.07) is 3.66. The van der Waals surface area contributed by atoms with Gasteiger partial charge in [-0.25, -0.2) is 9.13 Å². The maximum absolute atomic E-state index is 13.6. The van der Waals surface area contributed by atoms with Gasteiger partial charge in [-0.15, -0.1) is 9.46 Å². The smallest absolute Gasteiger partial charge is 0.298 e. The molecule has 0 spiro atoms. The first-order chi connectivity index (χ1) is 22.3. The van der Waals surface area contributed by atoms with Gasteiger partial charge >= 0.3 is 0 Å². The molecule has 4 heterocycles. The molecule has 20 nitrogen and oxygen atoms in total. The van der Waals surface area contributed by atoms with E-state index in [9.17, 15) is 74.7 Å². The summed E-state index contributed by atoms with van der Waals surface area (Å²) in [4.78, 5) is 100. The topological polar surface area (TPSA) is 305 Å². The summed E-state index contributed by atoms with van der Waals surface area (Å²) in [5.74, 6) is 0. The molecule has 242 valence electrons. The van der Waals surface area contributed by atoms with Crippen LogP contribution in [0.15, 0.2) is 84.5 Å². The predicted molar refractivity (Wildman–Crippen MR) is 160 cm³/mol. The van der Waals surface area contributed by atoms with Crippen LogP contribution in [0.25, 0.3) is 54.5 Å². The summed E-state index contributed by atoms with van der Waals surface area (Å²) >= 11 is 0. The Bertz CT molecular complexity index is 3210. The van der Waals surface area contributed by atoms with Gasteiger partial charge < -0.3 is 10.4 Å². The molecule has 3 aromatic carbocycles. The molecule has 0 saturated carbocycles. The quantitative estimate of drug-likeness (QED) is 0.106. The van der Waals surface area contributed by atoms with Gasteiger partial charge in [0.2, 0.25) is 0 Å². The highest BCUT2D eigenvalue weighted by Gasteiger charge is 2.35. The number of hydrogen-bond donors (Lipinski definition) is 4. The molecular weight excluding hydrogens is 688 g/mol. The van der Waals surface area contributed by atoms with E-state index in [1.54, 1.807) is 0 Å². The second kappa shape index (κ2) is 9.13. The van der Waals surface area contributed by atoms with Crippen LogP contribution in [-0.4, -0.2) is 55.0 Å². The minimum atomic E-state index is -5.92. The van der Waals surface area contributed by atoms with Gasteiger partial charge in [0, 0.05) is 0 Å². The van der Waals surface area contributed by atoms with Gasteiger partial charge in [0.25, 0.3) is 64.7 Å². The van der Waals surface area contributed by atoms with Crippen molar-refractivity contribution >= 4 is 63.3 Å². The number of rotatable bonds is 4. The first-order valence-electron chi connectivity index (χ1n) is 12.7. The van der Waals surface area contributed by atoms with Crippen molar-refractivity contribution in [2.75, 3.05) is 0 Å². The van der Waals surface area contributed by atoms with Crippen LogP contribution in [0, 0.1) is 0 Å². The molecule has 0 fully saturated rings. The Morgan fingerprint density at radius 1 is 0.438 bits per heavy atom. The van der Waals surface area contributed by atoms with Crippen molar-refractivity contribution in [3.8, 4) is 11.4 Å². The number of nitrogens with zero attached hydrogens (tertiary/aromatic N) is 4. The lowest BCUT2D eigenvalue weighted by Gasteiger charge is -2.15. The maximum Gasteiger partial charge on any atom is 0.298 e. The van der Waals surface area contributed by atoms with Crippen LogP contribution in [0.3, 0.4) is 0 Å². The Balaban J connectivity index is 1.69. The molecule has 4 aromatic heterocycles. The van der Waals surface area contributed by atoms with Gasteiger partial charge in [-0.05, 0) is 36.4 Å². The van der Waals surface area contributed by atoms with Crippen molar-refractivity contribution in [2.45, 2.75) is 9.79 Å². The van der Waals surface area contributed by atoms with Gasteiger partial charge in [-0.1, -0.05) is 0 Å². The van der Waals surface area contributed by atoms with E-state index in [-0.39, 0.29) is 18.6 Å². The monoisotopic (exact) mass is 698 g/mol. The molecule has 0 aliphatic heterocycles. The Morgan fingerprint density at radius 3 is 1.06 bits per heavy atom. The summed E-state index contributed by atoms with van der Waals surface area (Å²) in [6.45, 7) is 0. The normalized spacial score (nSPS) is 12.7. The Morgan fingerprint density at radius 2 is 0.750 bits per heavy atom. The molecular formula is C26H10N4O16S2. The molecule has 0 aliphatic carbocycles. The third-order valence-corrected chi connectivity index (χ3v) is 9.62. The van der Waals surface area contributed by atoms with Gasteiger partial charge in [0.15, 0.2) is 0 Å². The molecule has 0 radical (unpaired) electrons. The second-order valence-corrected chi connectivity index (χ2v) is 13.1. The molecule has 7 rings (SSSR count). The standard InChI is InChI=1S/C26H10N4O16S2/c31-19-7-3-11-12(24(36)29(39)23(11)35)4-8(7)20(32)27(19)15-1-2-16(47(41,42)43)17(18(15)48(44,45)46)28-21(33)9-5-13-14(6-10(9)22(28)34)26(38)30(40)25(13)37/h1-6,39-40H,(H,41,42,43)(H,44,45,46). The predicted octanol–water partition coefficient (Wildman–Crippen LogP) is -2.92. The van der Waals surface area contributed by atoms with Crippen LogP contribution in [0.5, 0.6) is 0 Å². The van der Waals surface area contributed by atoms with Crippen LogP contribution in [0.1, 0.15) is 0 Å². The highest BCUT2D eigenvalue weighted by molar-refractivity contribution is 7.87. The van der Waals surface area contributed by atoms with Crippen molar-refractivity contribution in [3.05, 3.63) is 119 Å². The zero-order chi connectivity index (χ0) is 35.1. The minimum Gasteiger partial charge on any atom is -0.422 e. The SMILES string of the molecule is O=c1c2cc3c(=O)n(-c4ccc(S(=O)(=O)O)c(-n5c(=O)c6cc7c(=O)n(O)c(=O)c7cc6c5=O)c4S(=O)(=O)O)c(=O)c3cc2c(=O)n1O. The molecule has 0 amide bonds. The van der Waals surface area contributed by atoms with Crippen LogP contribution < -0.4 is 44.5 Å². The van der Waals surface area contributed by atoms with Gasteiger partial charge in [-0.2, -0.15) is 16.8 Å². The number of benzene rings is 3. The van der Waals surface area contributed by atoms with Crippen LogP contribution in [0.2, 0.25) is 0 Å². The van der Waals surface area contributed by atoms with Crippen LogP contribution in [-0.2, 0) is 20.2 Å². The molecule has 0 atom stereocenters. The summed E-state index contributed by atoms with van der Waals surface area (Å²) < 4.78 is 70.5. The lowest BCUT2D eigenvalue weighted by Crippen LogP contribution is -2.31. The number of hydrogen-bond acceptors (Lipinski definition) is 14. The largest absolute Gasteiger partial charge is 0.422 e. The van der Waals surface area contributed by atoms with Crippen molar-refractivity contribution in [1.82, 2.24) is 18.6 Å². The molecule has 7 aromatic rings. The van der Waals surface area contributed by atoms with Crippen molar-refractivity contribution in [2.24, 2.45) is 0 Å². The fourth-order valence-corrected chi connectivity index (χ4v) is 7.35. The summed E-state index contributed by atoms with van der Waals surface area (Å²) in [6.07, 6.45) is 0. The average Bonchev–Trinajstić information content (AvgIpc) is 3.58. The van der Waals surface area contributed by atoms with E-state index < -0.39 is 129 Å². The maximum atomic E-state index is 13.6. The molecule has 0 saturated heterocycles. The molecule has 22 heteroatoms. The van der Waals surface area contributed by atoms with Gasteiger partial charge in [0.1, 0.15) is 9.79 Å². The van der Waals surface area contributed by atoms with E-state index in [4.69, 9.17) is 0 Å². The van der Waals surface area contributed by atoms with Crippen molar-refractivity contribution < 1.29 is 36.4 Å². The van der Waals surface area contributed by atoms with E-state index in [1.165, 1.54) is 0 Å². The molecule has 4 N–H and O–H groups in total. The first-order valence-corrected chi connectivity index (χ1v) is 15.6. The molecule has 48 heavy (non-hydrogen) atoms. The lowest BCUT2D eigenvalue weighted by molar-refractivity contribution is 0.170. The summed E-state index contributed by atoms with van der Waals surface area (Å²) in [7, 11) is -11.6. The average molecular weight is 699 g/mol. The molecule has 0 unspecified atom stereocenters. The molecule has 0 aliphatic rings. The molecule has 0 bridgehead atoms. The highest BCUT2D eigenvalue weighted by Crippen LogP contribution is 2.32. The van der Waals surface area contributed by atoms with Crippen LogP contribution >= 0.6 is 0 Å². The Labute approximate surface area is 258 Å². The minimum absolute atomic E-state index is 0.0474. The number of fused-ring (bicyclic) bond motifs is 4. The van der Waals surface area contributed by atoms with E-state index in [2.05, 4.69) is 0 Å². The lowest BCUT2D eigenvalue weighted by atomic mass is 10.1. The first kappa shape index (κ1) is 30.3. The van der Waals surface area contributed by atoms with E-state index in [0.717, 1.165) is 12.1 Å². The van der Waals surface area contributed by atoms with Gasteiger partial charge in [0.05, 0.1) is 54.5 Å².